The molecule has 5 heteroatoms. The molecule has 94 valence electrons. The van der Waals surface area contributed by atoms with E-state index in [0.717, 1.165) is 18.3 Å². The molecule has 0 unspecified atom stereocenters. The molecule has 0 spiro atoms. The number of imidazole rings is 1. The van der Waals surface area contributed by atoms with Crippen molar-refractivity contribution >= 4 is 5.97 Å². The van der Waals surface area contributed by atoms with Gasteiger partial charge in [0.1, 0.15) is 11.6 Å². The maximum Gasteiger partial charge on any atom is 0.336 e. The summed E-state index contributed by atoms with van der Waals surface area (Å²) >= 11 is 0. The second-order valence-electron chi connectivity index (χ2n) is 3.93. The summed E-state index contributed by atoms with van der Waals surface area (Å²) in [6.45, 7) is 2.27. The van der Waals surface area contributed by atoms with Gasteiger partial charge in [-0.05, 0) is 23.8 Å². The van der Waals surface area contributed by atoms with Gasteiger partial charge in [0.2, 0.25) is 0 Å². The van der Waals surface area contributed by atoms with Gasteiger partial charge < -0.3 is 9.67 Å². The molecule has 0 atom stereocenters. The third kappa shape index (κ3) is 2.40. The Labute approximate surface area is 104 Å². The topological polar surface area (TPSA) is 55.1 Å². The minimum atomic E-state index is -1.05. The summed E-state index contributed by atoms with van der Waals surface area (Å²) in [5, 5.41) is 9.06. The van der Waals surface area contributed by atoms with E-state index >= 15 is 0 Å². The zero-order valence-electron chi connectivity index (χ0n) is 9.93. The fourth-order valence-corrected chi connectivity index (χ4v) is 1.88. The van der Waals surface area contributed by atoms with Crippen LogP contribution in [-0.4, -0.2) is 20.6 Å². The third-order valence-corrected chi connectivity index (χ3v) is 2.76. The Morgan fingerprint density at radius 2 is 2.28 bits per heavy atom. The molecule has 0 aliphatic rings. The predicted molar refractivity (Wildman–Crippen MR) is 64.1 cm³/mol. The molecule has 1 aromatic carbocycles. The number of carboxylic acids is 1. The van der Waals surface area contributed by atoms with Crippen molar-refractivity contribution in [3.8, 4) is 0 Å². The number of nitrogens with zero attached hydrogens (tertiary/aromatic N) is 2. The average Bonchev–Trinajstić information content (AvgIpc) is 2.76. The quantitative estimate of drug-likeness (QED) is 0.903. The van der Waals surface area contributed by atoms with Crippen molar-refractivity contribution in [3.63, 3.8) is 0 Å². The maximum absolute atomic E-state index is 13.2. The Balaban J connectivity index is 2.39. The highest BCUT2D eigenvalue weighted by atomic mass is 19.1. The van der Waals surface area contributed by atoms with Crippen molar-refractivity contribution in [2.75, 3.05) is 0 Å². The number of aromatic carboxylic acids is 1. The molecule has 1 heterocycles. The van der Waals surface area contributed by atoms with Crippen LogP contribution in [0.2, 0.25) is 0 Å². The van der Waals surface area contributed by atoms with Crippen molar-refractivity contribution < 1.29 is 14.3 Å². The Kier molecular flexibility index (Phi) is 3.41. The van der Waals surface area contributed by atoms with E-state index < -0.39 is 11.8 Å². The number of hydrogen-bond donors (Lipinski definition) is 1. The monoisotopic (exact) mass is 248 g/mol. The van der Waals surface area contributed by atoms with Crippen LogP contribution in [0.25, 0.3) is 0 Å². The Morgan fingerprint density at radius 3 is 2.94 bits per heavy atom. The van der Waals surface area contributed by atoms with Crippen LogP contribution in [0.15, 0.2) is 30.6 Å². The molecule has 0 fully saturated rings. The first-order valence-electron chi connectivity index (χ1n) is 5.63. The lowest BCUT2D eigenvalue weighted by atomic mass is 10.1. The first-order chi connectivity index (χ1) is 8.61. The van der Waals surface area contributed by atoms with Crippen LogP contribution in [-0.2, 0) is 13.0 Å². The Morgan fingerprint density at radius 1 is 1.50 bits per heavy atom. The molecule has 18 heavy (non-hydrogen) atoms. The maximum atomic E-state index is 13.2. The SMILES string of the molecule is CCc1nccn1Cc1cc(F)ccc1C(=O)O. The van der Waals surface area contributed by atoms with Gasteiger partial charge in [0.05, 0.1) is 5.56 Å². The number of aryl methyl sites for hydroxylation is 1. The Hall–Kier alpha value is -2.17. The number of halogens is 1. The molecular weight excluding hydrogens is 235 g/mol. The molecule has 0 amide bonds. The van der Waals surface area contributed by atoms with Crippen molar-refractivity contribution in [1.82, 2.24) is 9.55 Å². The molecular formula is C13H13FN2O2. The molecule has 1 aromatic heterocycles. The number of rotatable bonds is 4. The average molecular weight is 248 g/mol. The molecule has 4 nitrogen and oxygen atoms in total. The van der Waals surface area contributed by atoms with Gasteiger partial charge in [-0.1, -0.05) is 6.92 Å². The van der Waals surface area contributed by atoms with Crippen LogP contribution >= 0.6 is 0 Å². The van der Waals surface area contributed by atoms with Crippen LogP contribution in [0, 0.1) is 5.82 Å². The summed E-state index contributed by atoms with van der Waals surface area (Å²) in [5.41, 5.74) is 0.558. The molecule has 2 aromatic rings. The number of carbonyl (C=O) groups is 1. The van der Waals surface area contributed by atoms with E-state index in [0.29, 0.717) is 12.1 Å². The molecule has 1 N–H and O–H groups in total. The highest BCUT2D eigenvalue weighted by Crippen LogP contribution is 2.14. The molecule has 2 rings (SSSR count). The van der Waals surface area contributed by atoms with E-state index in [1.165, 1.54) is 12.1 Å². The van der Waals surface area contributed by atoms with Crippen LogP contribution in [0.1, 0.15) is 28.7 Å². The zero-order valence-corrected chi connectivity index (χ0v) is 9.93. The second kappa shape index (κ2) is 5.00. The smallest absolute Gasteiger partial charge is 0.336 e. The summed E-state index contributed by atoms with van der Waals surface area (Å²) in [6, 6.07) is 3.69. The molecule has 0 bridgehead atoms. The fourth-order valence-electron chi connectivity index (χ4n) is 1.88. The normalized spacial score (nSPS) is 10.6. The molecule has 0 aliphatic heterocycles. The van der Waals surface area contributed by atoms with E-state index in [-0.39, 0.29) is 5.56 Å². The van der Waals surface area contributed by atoms with E-state index in [4.69, 9.17) is 5.11 Å². The molecule has 0 aliphatic carbocycles. The van der Waals surface area contributed by atoms with Crippen molar-refractivity contribution in [1.29, 1.82) is 0 Å². The lowest BCUT2D eigenvalue weighted by Gasteiger charge is -2.09. The van der Waals surface area contributed by atoms with Gasteiger partial charge >= 0.3 is 5.97 Å². The minimum Gasteiger partial charge on any atom is -0.478 e. The van der Waals surface area contributed by atoms with Crippen LogP contribution in [0.5, 0.6) is 0 Å². The number of hydrogen-bond acceptors (Lipinski definition) is 2. The number of aromatic nitrogens is 2. The first-order valence-corrected chi connectivity index (χ1v) is 5.63. The van der Waals surface area contributed by atoms with Crippen molar-refractivity contribution in [2.24, 2.45) is 0 Å². The van der Waals surface area contributed by atoms with Crippen LogP contribution in [0.4, 0.5) is 4.39 Å². The van der Waals surface area contributed by atoms with Gasteiger partial charge in [-0.15, -0.1) is 0 Å². The lowest BCUT2D eigenvalue weighted by Crippen LogP contribution is -2.09. The minimum absolute atomic E-state index is 0.118. The van der Waals surface area contributed by atoms with E-state index in [2.05, 4.69) is 4.98 Å². The molecule has 0 radical (unpaired) electrons. The standard InChI is InChI=1S/C13H13FN2O2/c1-2-12-15-5-6-16(12)8-9-7-10(14)3-4-11(9)13(17)18/h3-7H,2,8H2,1H3,(H,17,18). The number of benzene rings is 1. The van der Waals surface area contributed by atoms with E-state index in [1.54, 1.807) is 12.4 Å². The van der Waals surface area contributed by atoms with Gasteiger partial charge in [0, 0.05) is 25.4 Å². The van der Waals surface area contributed by atoms with Crippen LogP contribution in [0.3, 0.4) is 0 Å². The van der Waals surface area contributed by atoms with Crippen molar-refractivity contribution in [3.05, 3.63) is 53.4 Å². The van der Waals surface area contributed by atoms with Crippen LogP contribution < -0.4 is 0 Å². The van der Waals surface area contributed by atoms with Crippen molar-refractivity contribution in [2.45, 2.75) is 19.9 Å². The highest BCUT2D eigenvalue weighted by molar-refractivity contribution is 5.89. The third-order valence-electron chi connectivity index (χ3n) is 2.76. The summed E-state index contributed by atoms with van der Waals surface area (Å²) in [5.74, 6) is -0.646. The van der Waals surface area contributed by atoms with Gasteiger partial charge in [0.15, 0.2) is 0 Å². The predicted octanol–water partition coefficient (Wildman–Crippen LogP) is 2.33. The summed E-state index contributed by atoms with van der Waals surface area (Å²) < 4.78 is 15.0. The molecule has 0 saturated carbocycles. The van der Waals surface area contributed by atoms with E-state index in [1.807, 2.05) is 11.5 Å². The first kappa shape index (κ1) is 12.3. The van der Waals surface area contributed by atoms with Gasteiger partial charge in [-0.3, -0.25) is 0 Å². The second-order valence-corrected chi connectivity index (χ2v) is 3.93. The van der Waals surface area contributed by atoms with E-state index in [9.17, 15) is 9.18 Å². The summed E-state index contributed by atoms with van der Waals surface area (Å²) in [4.78, 5) is 15.2. The largest absolute Gasteiger partial charge is 0.478 e. The van der Waals surface area contributed by atoms with Gasteiger partial charge in [-0.25, -0.2) is 14.2 Å². The Bertz CT molecular complexity index is 578. The summed E-state index contributed by atoms with van der Waals surface area (Å²) in [7, 11) is 0. The number of carboxylic acid groups (broad SMARTS) is 1. The summed E-state index contributed by atoms with van der Waals surface area (Å²) in [6.07, 6.45) is 4.15. The fraction of sp³-hybridized carbons (Fsp3) is 0.231. The molecule has 0 saturated heterocycles. The van der Waals surface area contributed by atoms with Gasteiger partial charge in [0.25, 0.3) is 0 Å². The zero-order chi connectivity index (χ0) is 13.1. The highest BCUT2D eigenvalue weighted by Gasteiger charge is 2.12. The van der Waals surface area contributed by atoms with Gasteiger partial charge in [-0.2, -0.15) is 0 Å². The lowest BCUT2D eigenvalue weighted by molar-refractivity contribution is 0.0695.